The average molecular weight is 512 g/mol. The first-order valence-corrected chi connectivity index (χ1v) is 13.2. The van der Waals surface area contributed by atoms with Gasteiger partial charge in [-0.1, -0.05) is 36.7 Å². The Bertz CT molecular complexity index is 882. The summed E-state index contributed by atoms with van der Waals surface area (Å²) >= 11 is 7.51. The molecule has 0 spiro atoms. The number of primary amides is 1. The second-order valence-electron chi connectivity index (χ2n) is 8.75. The molecule has 2 aliphatic rings. The zero-order chi connectivity index (χ0) is 24.7. The summed E-state index contributed by atoms with van der Waals surface area (Å²) < 4.78 is 0. The Morgan fingerprint density at radius 1 is 1.21 bits per heavy atom. The van der Waals surface area contributed by atoms with Gasteiger partial charge >= 0.3 is 6.03 Å². The topological polar surface area (TPSA) is 125 Å². The molecule has 0 saturated carbocycles. The minimum Gasteiger partial charge on any atom is -0.369 e. The number of anilines is 1. The third-order valence-corrected chi connectivity index (χ3v) is 7.28. The molecule has 4 amide bonds. The molecule has 2 fully saturated rings. The molecule has 3 rings (SSSR count). The Balaban J connectivity index is 1.53. The fourth-order valence-electron chi connectivity index (χ4n) is 4.18. The number of piperidine rings is 1. The number of aromatic nitrogens is 2. The lowest BCUT2D eigenvalue weighted by atomic mass is 9.96. The van der Waals surface area contributed by atoms with Gasteiger partial charge in [-0.25, -0.2) is 14.8 Å². The van der Waals surface area contributed by atoms with Gasteiger partial charge in [0.2, 0.25) is 11.8 Å². The minimum absolute atomic E-state index is 0.0186. The Morgan fingerprint density at radius 2 is 1.94 bits per heavy atom. The Kier molecular flexibility index (Phi) is 9.63. The lowest BCUT2D eigenvalue weighted by Crippen LogP contribution is -2.56. The van der Waals surface area contributed by atoms with Gasteiger partial charge in [0.15, 0.2) is 5.16 Å². The number of carbonyl (C=O) groups is 3. The second kappa shape index (κ2) is 12.4. The van der Waals surface area contributed by atoms with E-state index in [0.29, 0.717) is 68.2 Å². The number of nitrogens with one attached hydrogen (secondary N) is 1. The van der Waals surface area contributed by atoms with E-state index in [2.05, 4.69) is 27.1 Å². The highest BCUT2D eigenvalue weighted by molar-refractivity contribution is 7.99. The SMILES string of the molecule is CCCCNC(=O)N1CCN(c2cc(Cl)nc(SCC(=O)N3CCC(C(N)=O)CC3)n2)CC1C. The van der Waals surface area contributed by atoms with Gasteiger partial charge in [-0.05, 0) is 26.2 Å². The molecular formula is C22H34ClN7O3S. The predicted octanol–water partition coefficient (Wildman–Crippen LogP) is 1.97. The van der Waals surface area contributed by atoms with E-state index < -0.39 is 0 Å². The number of thioether (sulfide) groups is 1. The van der Waals surface area contributed by atoms with Crippen molar-refractivity contribution in [2.45, 2.75) is 50.7 Å². The zero-order valence-corrected chi connectivity index (χ0v) is 21.4. The van der Waals surface area contributed by atoms with Gasteiger partial charge in [0.05, 0.1) is 5.75 Å². The summed E-state index contributed by atoms with van der Waals surface area (Å²) in [5.41, 5.74) is 5.37. The molecule has 3 heterocycles. The summed E-state index contributed by atoms with van der Waals surface area (Å²) in [4.78, 5) is 51.0. The third kappa shape index (κ3) is 7.11. The number of carbonyl (C=O) groups excluding carboxylic acids is 3. The molecule has 1 aromatic rings. The zero-order valence-electron chi connectivity index (χ0n) is 19.8. The number of piperazine rings is 1. The first-order valence-electron chi connectivity index (χ1n) is 11.8. The van der Waals surface area contributed by atoms with E-state index in [4.69, 9.17) is 17.3 Å². The van der Waals surface area contributed by atoms with Gasteiger partial charge in [-0.15, -0.1) is 0 Å². The van der Waals surface area contributed by atoms with E-state index in [-0.39, 0.29) is 35.6 Å². The highest BCUT2D eigenvalue weighted by Crippen LogP contribution is 2.25. The average Bonchev–Trinajstić information content (AvgIpc) is 2.82. The summed E-state index contributed by atoms with van der Waals surface area (Å²) in [6.07, 6.45) is 3.21. The molecule has 10 nitrogen and oxygen atoms in total. The lowest BCUT2D eigenvalue weighted by Gasteiger charge is -2.40. The molecule has 1 unspecified atom stereocenters. The van der Waals surface area contributed by atoms with Gasteiger partial charge in [-0.2, -0.15) is 0 Å². The molecule has 12 heteroatoms. The predicted molar refractivity (Wildman–Crippen MR) is 133 cm³/mol. The molecule has 1 atom stereocenters. The van der Waals surface area contributed by atoms with Gasteiger partial charge in [-0.3, -0.25) is 9.59 Å². The number of rotatable bonds is 8. The maximum Gasteiger partial charge on any atom is 0.317 e. The highest BCUT2D eigenvalue weighted by Gasteiger charge is 2.29. The summed E-state index contributed by atoms with van der Waals surface area (Å²) in [7, 11) is 0. The number of likely N-dealkylation sites (tertiary alicyclic amines) is 1. The largest absolute Gasteiger partial charge is 0.369 e. The number of hydrogen-bond donors (Lipinski definition) is 2. The molecule has 0 bridgehead atoms. The van der Waals surface area contributed by atoms with Gasteiger partial charge in [0.25, 0.3) is 0 Å². The lowest BCUT2D eigenvalue weighted by molar-refractivity contribution is -0.132. The fourth-order valence-corrected chi connectivity index (χ4v) is 5.17. The fraction of sp³-hybridized carbons (Fsp3) is 0.682. The molecule has 2 aliphatic heterocycles. The van der Waals surface area contributed by atoms with E-state index in [1.807, 2.05) is 11.8 Å². The second-order valence-corrected chi connectivity index (χ2v) is 10.1. The molecule has 2 saturated heterocycles. The molecule has 1 aromatic heterocycles. The monoisotopic (exact) mass is 511 g/mol. The van der Waals surface area contributed by atoms with E-state index in [1.54, 1.807) is 11.0 Å². The Morgan fingerprint density at radius 3 is 2.59 bits per heavy atom. The van der Waals surface area contributed by atoms with Crippen molar-refractivity contribution >= 4 is 47.0 Å². The summed E-state index contributed by atoms with van der Waals surface area (Å²) in [5, 5.41) is 3.73. The van der Waals surface area contributed by atoms with Crippen molar-refractivity contribution < 1.29 is 14.4 Å². The van der Waals surface area contributed by atoms with Crippen LogP contribution in [0.25, 0.3) is 0 Å². The first-order chi connectivity index (χ1) is 16.3. The van der Waals surface area contributed by atoms with E-state index >= 15 is 0 Å². The van der Waals surface area contributed by atoms with Crippen molar-refractivity contribution in [3.63, 3.8) is 0 Å². The summed E-state index contributed by atoms with van der Waals surface area (Å²) in [6, 6.07) is 1.70. The van der Waals surface area contributed by atoms with Crippen LogP contribution in [0.15, 0.2) is 11.2 Å². The normalized spacial score (nSPS) is 19.3. The number of halogens is 1. The van der Waals surface area contributed by atoms with Crippen molar-refractivity contribution in [3.8, 4) is 0 Å². The van der Waals surface area contributed by atoms with Crippen molar-refractivity contribution in [2.24, 2.45) is 11.7 Å². The minimum atomic E-state index is -0.298. The summed E-state index contributed by atoms with van der Waals surface area (Å²) in [6.45, 7) is 7.71. The van der Waals surface area contributed by atoms with Crippen LogP contribution in [0.5, 0.6) is 0 Å². The Labute approximate surface area is 210 Å². The van der Waals surface area contributed by atoms with Crippen LogP contribution in [-0.2, 0) is 9.59 Å². The maximum absolute atomic E-state index is 12.6. The first kappa shape index (κ1) is 26.3. The van der Waals surface area contributed by atoms with Crippen LogP contribution in [0.4, 0.5) is 10.6 Å². The molecular weight excluding hydrogens is 478 g/mol. The number of amides is 4. The molecule has 34 heavy (non-hydrogen) atoms. The van der Waals surface area contributed by atoms with Crippen molar-refractivity contribution in [2.75, 3.05) is 49.9 Å². The van der Waals surface area contributed by atoms with Gasteiger partial charge in [0.1, 0.15) is 11.0 Å². The summed E-state index contributed by atoms with van der Waals surface area (Å²) in [5.74, 6) is 0.419. The number of hydrogen-bond acceptors (Lipinski definition) is 7. The molecule has 0 aliphatic carbocycles. The molecule has 0 aromatic carbocycles. The molecule has 3 N–H and O–H groups in total. The van der Waals surface area contributed by atoms with Crippen LogP contribution in [0.2, 0.25) is 5.15 Å². The third-order valence-electron chi connectivity index (χ3n) is 6.25. The van der Waals surface area contributed by atoms with E-state index in [0.717, 1.165) is 12.8 Å². The standard InChI is InChI=1S/C22H34ClN7O3S/c1-3-4-7-25-22(33)30-11-10-29(13-15(30)2)18-12-17(23)26-21(27-18)34-14-19(31)28-8-5-16(6-9-28)20(24)32/h12,15-16H,3-11,13-14H2,1-2H3,(H2,24,32)(H,25,33). The molecule has 188 valence electrons. The van der Waals surface area contributed by atoms with Crippen LogP contribution in [-0.4, -0.2) is 88.7 Å². The van der Waals surface area contributed by atoms with E-state index in [1.165, 1.54) is 11.8 Å². The maximum atomic E-state index is 12.6. The van der Waals surface area contributed by atoms with Crippen LogP contribution in [0, 0.1) is 5.92 Å². The van der Waals surface area contributed by atoms with Crippen LogP contribution < -0.4 is 16.0 Å². The van der Waals surface area contributed by atoms with Crippen molar-refractivity contribution in [1.82, 2.24) is 25.1 Å². The van der Waals surface area contributed by atoms with Crippen LogP contribution in [0.3, 0.4) is 0 Å². The van der Waals surface area contributed by atoms with Crippen molar-refractivity contribution in [3.05, 3.63) is 11.2 Å². The number of unbranched alkanes of at least 4 members (excludes halogenated alkanes) is 1. The Hall–Kier alpha value is -2.27. The van der Waals surface area contributed by atoms with Gasteiger partial charge in [0, 0.05) is 57.3 Å². The number of urea groups is 1. The van der Waals surface area contributed by atoms with Gasteiger partial charge < -0.3 is 25.8 Å². The van der Waals surface area contributed by atoms with Crippen molar-refractivity contribution in [1.29, 1.82) is 0 Å². The quantitative estimate of drug-likeness (QED) is 0.236. The highest BCUT2D eigenvalue weighted by atomic mass is 35.5. The van der Waals surface area contributed by atoms with Crippen LogP contribution >= 0.6 is 23.4 Å². The number of nitrogens with zero attached hydrogens (tertiary/aromatic N) is 5. The smallest absolute Gasteiger partial charge is 0.317 e. The number of nitrogens with two attached hydrogens (primary N) is 1. The molecule has 0 radical (unpaired) electrons. The van der Waals surface area contributed by atoms with E-state index in [9.17, 15) is 14.4 Å². The van der Waals surface area contributed by atoms with Crippen LogP contribution in [0.1, 0.15) is 39.5 Å².